The summed E-state index contributed by atoms with van der Waals surface area (Å²) in [6.45, 7) is 7.27. The van der Waals surface area contributed by atoms with Gasteiger partial charge < -0.3 is 15.0 Å². The van der Waals surface area contributed by atoms with E-state index < -0.39 is 0 Å². The van der Waals surface area contributed by atoms with Crippen LogP contribution in [0.2, 0.25) is 0 Å². The quantitative estimate of drug-likeness (QED) is 0.248. The largest absolute Gasteiger partial charge is 0.378 e. The van der Waals surface area contributed by atoms with Gasteiger partial charge in [0.2, 0.25) is 5.91 Å². The SMILES string of the molecule is Cc1ccc(-n2c(SCC(=O)Nc3ccc(N4CCOCC4)cc3)nc3sc4c(c3c2=O)CCCC4)c(C)c1. The molecule has 1 aliphatic heterocycles. The lowest BCUT2D eigenvalue weighted by Crippen LogP contribution is -2.36. The molecule has 6 rings (SSSR count). The second-order valence-corrected chi connectivity index (χ2v) is 12.2. The molecular weight excluding hydrogens is 528 g/mol. The lowest BCUT2D eigenvalue weighted by Gasteiger charge is -2.28. The first kappa shape index (κ1) is 26.1. The molecule has 0 radical (unpaired) electrons. The zero-order valence-corrected chi connectivity index (χ0v) is 23.9. The van der Waals surface area contributed by atoms with E-state index in [1.807, 2.05) is 50.2 Å². The number of amides is 1. The van der Waals surface area contributed by atoms with Crippen LogP contribution in [0.25, 0.3) is 15.9 Å². The Hall–Kier alpha value is -3.14. The molecule has 0 saturated carbocycles. The van der Waals surface area contributed by atoms with E-state index in [0.29, 0.717) is 5.16 Å². The Labute approximate surface area is 236 Å². The predicted molar refractivity (Wildman–Crippen MR) is 160 cm³/mol. The minimum Gasteiger partial charge on any atom is -0.378 e. The normalized spacial score (nSPS) is 15.4. The van der Waals surface area contributed by atoms with E-state index in [1.165, 1.54) is 22.2 Å². The highest BCUT2D eigenvalue weighted by Crippen LogP contribution is 2.35. The number of thiophene rings is 1. The van der Waals surface area contributed by atoms with Gasteiger partial charge in [-0.15, -0.1) is 11.3 Å². The molecule has 0 bridgehead atoms. The van der Waals surface area contributed by atoms with Crippen LogP contribution in [0, 0.1) is 13.8 Å². The third-order valence-corrected chi connectivity index (χ3v) is 9.54. The smallest absolute Gasteiger partial charge is 0.267 e. The Kier molecular flexibility index (Phi) is 7.47. The number of carbonyl (C=O) groups excluding carboxylic acids is 1. The van der Waals surface area contributed by atoms with Gasteiger partial charge in [0.1, 0.15) is 4.83 Å². The van der Waals surface area contributed by atoms with Gasteiger partial charge >= 0.3 is 0 Å². The van der Waals surface area contributed by atoms with E-state index in [4.69, 9.17) is 9.72 Å². The van der Waals surface area contributed by atoms with Gasteiger partial charge in [0.15, 0.2) is 5.16 Å². The van der Waals surface area contributed by atoms with Crippen LogP contribution in [0.5, 0.6) is 0 Å². The number of aryl methyl sites for hydroxylation is 4. The Morgan fingerprint density at radius 2 is 1.85 bits per heavy atom. The zero-order valence-electron chi connectivity index (χ0n) is 22.3. The van der Waals surface area contributed by atoms with Crippen LogP contribution in [-0.2, 0) is 22.4 Å². The van der Waals surface area contributed by atoms with Gasteiger partial charge in [-0.25, -0.2) is 4.98 Å². The number of morpholine rings is 1. The van der Waals surface area contributed by atoms with E-state index in [-0.39, 0.29) is 17.2 Å². The van der Waals surface area contributed by atoms with Crippen LogP contribution in [0.4, 0.5) is 11.4 Å². The highest BCUT2D eigenvalue weighted by atomic mass is 32.2. The predicted octanol–water partition coefficient (Wildman–Crippen LogP) is 5.51. The molecule has 0 atom stereocenters. The molecule has 202 valence electrons. The minimum absolute atomic E-state index is 0.0343. The number of carbonyl (C=O) groups is 1. The number of hydrogen-bond donors (Lipinski definition) is 1. The number of hydrogen-bond acceptors (Lipinski definition) is 7. The van der Waals surface area contributed by atoms with E-state index in [1.54, 1.807) is 15.9 Å². The first-order valence-corrected chi connectivity index (χ1v) is 15.3. The Morgan fingerprint density at radius 1 is 1.08 bits per heavy atom. The number of fused-ring (bicyclic) bond motifs is 3. The molecule has 1 saturated heterocycles. The summed E-state index contributed by atoms with van der Waals surface area (Å²) < 4.78 is 7.15. The van der Waals surface area contributed by atoms with Crippen molar-refractivity contribution in [3.05, 3.63) is 74.4 Å². The molecule has 1 N–H and O–H groups in total. The van der Waals surface area contributed by atoms with Gasteiger partial charge in [0.05, 0.1) is 30.0 Å². The van der Waals surface area contributed by atoms with Gasteiger partial charge in [-0.05, 0) is 81.0 Å². The molecule has 1 aliphatic carbocycles. The summed E-state index contributed by atoms with van der Waals surface area (Å²) in [6, 6.07) is 14.0. The molecule has 9 heteroatoms. The maximum absolute atomic E-state index is 14.0. The highest BCUT2D eigenvalue weighted by molar-refractivity contribution is 7.99. The van der Waals surface area contributed by atoms with Crippen molar-refractivity contribution in [3.8, 4) is 5.69 Å². The Bertz CT molecular complexity index is 1590. The molecule has 1 fully saturated rings. The third kappa shape index (κ3) is 5.35. The number of benzene rings is 2. The summed E-state index contributed by atoms with van der Waals surface area (Å²) in [6.07, 6.45) is 4.19. The molecule has 2 aromatic heterocycles. The van der Waals surface area contributed by atoms with Crippen molar-refractivity contribution in [1.29, 1.82) is 0 Å². The average Bonchev–Trinajstić information content (AvgIpc) is 3.32. The van der Waals surface area contributed by atoms with Crippen LogP contribution in [0.3, 0.4) is 0 Å². The maximum atomic E-state index is 14.0. The second kappa shape index (κ2) is 11.2. The monoisotopic (exact) mass is 560 g/mol. The van der Waals surface area contributed by atoms with Gasteiger partial charge in [-0.2, -0.15) is 0 Å². The molecule has 4 aromatic rings. The third-order valence-electron chi connectivity index (χ3n) is 7.41. The molecule has 7 nitrogen and oxygen atoms in total. The number of nitrogens with zero attached hydrogens (tertiary/aromatic N) is 3. The van der Waals surface area contributed by atoms with Crippen LogP contribution >= 0.6 is 23.1 Å². The number of rotatable bonds is 6. The minimum atomic E-state index is -0.133. The highest BCUT2D eigenvalue weighted by Gasteiger charge is 2.24. The van der Waals surface area contributed by atoms with Crippen molar-refractivity contribution < 1.29 is 9.53 Å². The second-order valence-electron chi connectivity index (χ2n) is 10.2. The zero-order chi connectivity index (χ0) is 26.9. The van der Waals surface area contributed by atoms with Gasteiger partial charge in [-0.3, -0.25) is 14.2 Å². The van der Waals surface area contributed by atoms with Crippen molar-refractivity contribution in [3.63, 3.8) is 0 Å². The van der Waals surface area contributed by atoms with Gasteiger partial charge in [0.25, 0.3) is 5.56 Å². The van der Waals surface area contributed by atoms with Crippen molar-refractivity contribution >= 4 is 50.6 Å². The number of ether oxygens (including phenoxy) is 1. The molecule has 1 amide bonds. The van der Waals surface area contributed by atoms with Crippen LogP contribution < -0.4 is 15.8 Å². The standard InChI is InChI=1S/C30H32N4O3S2/c1-19-7-12-24(20(2)17-19)34-29(36)27-23-5-3-4-6-25(23)39-28(27)32-30(34)38-18-26(35)31-21-8-10-22(11-9-21)33-13-15-37-16-14-33/h7-12,17H,3-6,13-16,18H2,1-2H3,(H,31,35). The molecule has 39 heavy (non-hydrogen) atoms. The molecule has 2 aliphatic rings. The lowest BCUT2D eigenvalue weighted by molar-refractivity contribution is -0.113. The Balaban J connectivity index is 1.27. The first-order valence-electron chi connectivity index (χ1n) is 13.5. The van der Waals surface area contributed by atoms with Crippen molar-refractivity contribution in [2.45, 2.75) is 44.7 Å². The molecule has 0 unspecified atom stereocenters. The molecular formula is C30H32N4O3S2. The fraction of sp³-hybridized carbons (Fsp3) is 0.367. The van der Waals surface area contributed by atoms with E-state index in [0.717, 1.165) is 90.4 Å². The number of nitrogens with one attached hydrogen (secondary N) is 1. The summed E-state index contributed by atoms with van der Waals surface area (Å²) in [5.41, 5.74) is 5.98. The number of aromatic nitrogens is 2. The number of anilines is 2. The van der Waals surface area contributed by atoms with E-state index >= 15 is 0 Å². The fourth-order valence-electron chi connectivity index (χ4n) is 5.46. The fourth-order valence-corrected chi connectivity index (χ4v) is 7.56. The summed E-state index contributed by atoms with van der Waals surface area (Å²) in [5.74, 6) is 0.0187. The summed E-state index contributed by atoms with van der Waals surface area (Å²) in [4.78, 5) is 36.3. The molecule has 3 heterocycles. The van der Waals surface area contributed by atoms with E-state index in [2.05, 4.69) is 16.3 Å². The van der Waals surface area contributed by atoms with Crippen molar-refractivity contribution in [2.75, 3.05) is 42.3 Å². The van der Waals surface area contributed by atoms with Gasteiger partial charge in [0, 0.05) is 29.3 Å². The van der Waals surface area contributed by atoms with Crippen LogP contribution in [0.1, 0.15) is 34.4 Å². The maximum Gasteiger partial charge on any atom is 0.267 e. The van der Waals surface area contributed by atoms with Crippen molar-refractivity contribution in [1.82, 2.24) is 9.55 Å². The summed E-state index contributed by atoms with van der Waals surface area (Å²) in [7, 11) is 0. The average molecular weight is 561 g/mol. The van der Waals surface area contributed by atoms with E-state index in [9.17, 15) is 9.59 Å². The molecule has 2 aromatic carbocycles. The lowest BCUT2D eigenvalue weighted by atomic mass is 9.97. The summed E-state index contributed by atoms with van der Waals surface area (Å²) >= 11 is 2.95. The molecule has 0 spiro atoms. The topological polar surface area (TPSA) is 76.5 Å². The van der Waals surface area contributed by atoms with Crippen LogP contribution in [-0.4, -0.2) is 47.5 Å². The number of thioether (sulfide) groups is 1. The first-order chi connectivity index (χ1) is 19.0. The Morgan fingerprint density at radius 3 is 2.62 bits per heavy atom. The van der Waals surface area contributed by atoms with Crippen LogP contribution in [0.15, 0.2) is 52.4 Å². The van der Waals surface area contributed by atoms with Crippen molar-refractivity contribution in [2.24, 2.45) is 0 Å². The summed E-state index contributed by atoms with van der Waals surface area (Å²) in [5, 5.41) is 4.30. The van der Waals surface area contributed by atoms with Gasteiger partial charge in [-0.1, -0.05) is 29.5 Å².